The van der Waals surface area contributed by atoms with E-state index < -0.39 is 0 Å². The first-order valence-electron chi connectivity index (χ1n) is 10.4. The molecule has 1 saturated heterocycles. The number of para-hydroxylation sites is 2. The van der Waals surface area contributed by atoms with E-state index in [-0.39, 0.29) is 23.4 Å². The topological polar surface area (TPSA) is 46.0 Å². The van der Waals surface area contributed by atoms with Crippen LogP contribution in [0.3, 0.4) is 0 Å². The van der Waals surface area contributed by atoms with E-state index in [1.807, 2.05) is 32.9 Å². The molecule has 1 aromatic carbocycles. The van der Waals surface area contributed by atoms with E-state index in [0.717, 1.165) is 37.6 Å². The number of hydrogen-bond acceptors (Lipinski definition) is 4. The molecular weight excluding hydrogens is 382 g/mol. The Kier molecular flexibility index (Phi) is 6.85. The Labute approximate surface area is 178 Å². The molecule has 0 saturated carbocycles. The number of methoxy groups -OCH3 is 1. The second-order valence-corrected chi connectivity index (χ2v) is 9.80. The molecular formula is C23H34N3O2S+. The van der Waals surface area contributed by atoms with Crippen molar-refractivity contribution in [1.82, 2.24) is 5.32 Å². The molecule has 158 valence electrons. The van der Waals surface area contributed by atoms with Crippen LogP contribution in [0.1, 0.15) is 38.6 Å². The van der Waals surface area contributed by atoms with E-state index in [1.165, 1.54) is 9.78 Å². The Morgan fingerprint density at radius 3 is 2.45 bits per heavy atom. The molecule has 0 unspecified atom stereocenters. The summed E-state index contributed by atoms with van der Waals surface area (Å²) >= 11 is 1.79. The molecule has 2 atom stereocenters. The fraction of sp³-hybridized carbons (Fsp3) is 0.522. The normalized spacial score (nSPS) is 17.6. The van der Waals surface area contributed by atoms with Crippen molar-refractivity contribution in [3.05, 3.63) is 46.7 Å². The number of carbonyl (C=O) groups is 1. The highest BCUT2D eigenvalue weighted by Gasteiger charge is 2.36. The zero-order valence-corrected chi connectivity index (χ0v) is 19.0. The number of nitrogens with one attached hydrogen (secondary N) is 2. The largest absolute Gasteiger partial charge is 0.495 e. The molecule has 0 bridgehead atoms. The molecule has 2 heterocycles. The van der Waals surface area contributed by atoms with Crippen LogP contribution in [0.15, 0.2) is 41.8 Å². The lowest BCUT2D eigenvalue weighted by molar-refractivity contribution is -0.933. The van der Waals surface area contributed by atoms with Gasteiger partial charge in [0.05, 0.1) is 49.9 Å². The molecule has 1 amide bonds. The summed E-state index contributed by atoms with van der Waals surface area (Å²) in [4.78, 5) is 17.9. The van der Waals surface area contributed by atoms with E-state index in [4.69, 9.17) is 4.74 Å². The van der Waals surface area contributed by atoms with Crippen LogP contribution in [0.2, 0.25) is 0 Å². The van der Waals surface area contributed by atoms with Gasteiger partial charge in [0.1, 0.15) is 11.8 Å². The minimum Gasteiger partial charge on any atom is -0.495 e. The van der Waals surface area contributed by atoms with Crippen LogP contribution in [0.5, 0.6) is 5.75 Å². The van der Waals surface area contributed by atoms with Crippen molar-refractivity contribution in [2.45, 2.75) is 39.8 Å². The van der Waals surface area contributed by atoms with Gasteiger partial charge >= 0.3 is 0 Å². The van der Waals surface area contributed by atoms with Crippen molar-refractivity contribution >= 4 is 22.9 Å². The molecule has 0 aliphatic carbocycles. The second-order valence-electron chi connectivity index (χ2n) is 8.82. The zero-order chi connectivity index (χ0) is 21.0. The quantitative estimate of drug-likeness (QED) is 0.761. The van der Waals surface area contributed by atoms with E-state index in [0.29, 0.717) is 0 Å². The van der Waals surface area contributed by atoms with Gasteiger partial charge in [0, 0.05) is 5.41 Å². The fourth-order valence-corrected chi connectivity index (χ4v) is 5.00. The first-order chi connectivity index (χ1) is 13.8. The predicted molar refractivity (Wildman–Crippen MR) is 120 cm³/mol. The van der Waals surface area contributed by atoms with Crippen molar-refractivity contribution in [2.75, 3.05) is 38.2 Å². The third-order valence-corrected chi connectivity index (χ3v) is 6.62. The lowest BCUT2D eigenvalue weighted by Gasteiger charge is -2.40. The molecule has 2 aromatic rings. The molecule has 6 heteroatoms. The Hall–Kier alpha value is -2.05. The van der Waals surface area contributed by atoms with Crippen molar-refractivity contribution < 1.29 is 14.4 Å². The highest BCUT2D eigenvalue weighted by Crippen LogP contribution is 2.28. The Morgan fingerprint density at radius 2 is 1.86 bits per heavy atom. The number of hydrogen-bond donors (Lipinski definition) is 2. The number of benzene rings is 1. The molecule has 3 rings (SSSR count). The maximum Gasteiger partial charge on any atom is 0.225 e. The number of ether oxygens (including phenoxy) is 1. The standard InChI is InChI=1S/C23H33N3O2S/c1-17(24-22(27)23(2,3)4)21(20-11-8-16-29-20)26-14-12-25(13-15-26)18-9-6-7-10-19(18)28-5/h6-11,16-17,21H,12-15H2,1-5H3,(H,24,27)/p+1/t17-,21-/m1/s1. The number of rotatable bonds is 6. The van der Waals surface area contributed by atoms with Gasteiger partial charge in [-0.2, -0.15) is 0 Å². The molecule has 29 heavy (non-hydrogen) atoms. The lowest BCUT2D eigenvalue weighted by atomic mass is 9.94. The first kappa shape index (κ1) is 21.7. The second kappa shape index (κ2) is 9.18. The average Bonchev–Trinajstić information content (AvgIpc) is 3.22. The van der Waals surface area contributed by atoms with Gasteiger partial charge < -0.3 is 19.9 Å². The highest BCUT2D eigenvalue weighted by molar-refractivity contribution is 7.10. The number of carbonyl (C=O) groups excluding carboxylic acids is 1. The Balaban J connectivity index is 1.73. The van der Waals surface area contributed by atoms with Crippen LogP contribution in [-0.4, -0.2) is 45.2 Å². The molecule has 1 aromatic heterocycles. The van der Waals surface area contributed by atoms with Gasteiger partial charge in [-0.1, -0.05) is 39.0 Å². The Bertz CT molecular complexity index is 793. The third-order valence-electron chi connectivity index (χ3n) is 5.66. The van der Waals surface area contributed by atoms with Gasteiger partial charge in [0.15, 0.2) is 0 Å². The van der Waals surface area contributed by atoms with Crippen LogP contribution >= 0.6 is 11.3 Å². The van der Waals surface area contributed by atoms with Crippen molar-refractivity contribution in [1.29, 1.82) is 0 Å². The fourth-order valence-electron chi connectivity index (χ4n) is 4.01. The van der Waals surface area contributed by atoms with Gasteiger partial charge in [-0.05, 0) is 30.5 Å². The third kappa shape index (κ3) is 5.11. The molecule has 0 spiro atoms. The first-order valence-corrected chi connectivity index (χ1v) is 11.3. The average molecular weight is 417 g/mol. The number of piperazine rings is 1. The Morgan fingerprint density at radius 1 is 1.17 bits per heavy atom. The maximum absolute atomic E-state index is 12.6. The maximum atomic E-state index is 12.6. The SMILES string of the molecule is COc1ccccc1N1CC[NH+]([C@@H](c2cccs2)[C@@H](C)NC(=O)C(C)(C)C)CC1. The molecule has 5 nitrogen and oxygen atoms in total. The summed E-state index contributed by atoms with van der Waals surface area (Å²) in [5.41, 5.74) is 0.780. The van der Waals surface area contributed by atoms with E-state index >= 15 is 0 Å². The number of amides is 1. The number of quaternary nitrogens is 1. The minimum absolute atomic E-state index is 0.0770. The van der Waals surface area contributed by atoms with Gasteiger partial charge in [-0.15, -0.1) is 11.3 Å². The number of thiophene rings is 1. The van der Waals surface area contributed by atoms with E-state index in [2.05, 4.69) is 46.8 Å². The zero-order valence-electron chi connectivity index (χ0n) is 18.2. The highest BCUT2D eigenvalue weighted by atomic mass is 32.1. The minimum atomic E-state index is -0.383. The summed E-state index contributed by atoms with van der Waals surface area (Å²) in [6.07, 6.45) is 0. The van der Waals surface area contributed by atoms with Crippen molar-refractivity contribution in [3.63, 3.8) is 0 Å². The van der Waals surface area contributed by atoms with Crippen LogP contribution in [0, 0.1) is 5.41 Å². The summed E-state index contributed by atoms with van der Waals surface area (Å²) in [7, 11) is 1.73. The predicted octanol–water partition coefficient (Wildman–Crippen LogP) is 2.75. The number of anilines is 1. The molecule has 1 aliphatic rings. The van der Waals surface area contributed by atoms with Crippen LogP contribution in [0.25, 0.3) is 0 Å². The van der Waals surface area contributed by atoms with Gasteiger partial charge in [-0.25, -0.2) is 0 Å². The summed E-state index contributed by atoms with van der Waals surface area (Å²) < 4.78 is 5.55. The number of nitrogens with zero attached hydrogens (tertiary/aromatic N) is 1. The summed E-state index contributed by atoms with van der Waals surface area (Å²) in [5, 5.41) is 5.41. The van der Waals surface area contributed by atoms with Crippen molar-refractivity contribution in [2.24, 2.45) is 5.41 Å². The van der Waals surface area contributed by atoms with Crippen LogP contribution < -0.4 is 19.9 Å². The van der Waals surface area contributed by atoms with Crippen molar-refractivity contribution in [3.8, 4) is 5.75 Å². The monoisotopic (exact) mass is 416 g/mol. The summed E-state index contributed by atoms with van der Waals surface area (Å²) in [5.74, 6) is 1.04. The van der Waals surface area contributed by atoms with Gasteiger partial charge in [-0.3, -0.25) is 4.79 Å². The van der Waals surface area contributed by atoms with Gasteiger partial charge in [0.25, 0.3) is 0 Å². The van der Waals surface area contributed by atoms with Crippen LogP contribution in [0.4, 0.5) is 5.69 Å². The molecule has 0 radical (unpaired) electrons. The lowest BCUT2D eigenvalue weighted by Crippen LogP contribution is -3.16. The molecule has 1 fully saturated rings. The van der Waals surface area contributed by atoms with Gasteiger partial charge in [0.2, 0.25) is 5.91 Å². The smallest absolute Gasteiger partial charge is 0.225 e. The summed E-state index contributed by atoms with van der Waals surface area (Å²) in [6, 6.07) is 12.9. The van der Waals surface area contributed by atoms with E-state index in [9.17, 15) is 4.79 Å². The van der Waals surface area contributed by atoms with E-state index in [1.54, 1.807) is 18.4 Å². The summed E-state index contributed by atoms with van der Waals surface area (Å²) in [6.45, 7) is 12.0. The molecule has 1 aliphatic heterocycles. The van der Waals surface area contributed by atoms with Crippen LogP contribution in [-0.2, 0) is 4.79 Å². The molecule has 2 N–H and O–H groups in total.